The first kappa shape index (κ1) is 16.0. The standard InChI is InChI=1S/C15H21ClN6O/c1-10(2)22-9-17-19-14(22)11-5-4-6-21(8-11)12-7-18-20(3)15(23)13(12)16/h7,9-11H,4-6,8H2,1-3H3. The maximum absolute atomic E-state index is 12.0. The Morgan fingerprint density at radius 3 is 2.91 bits per heavy atom. The molecule has 23 heavy (non-hydrogen) atoms. The summed E-state index contributed by atoms with van der Waals surface area (Å²) in [4.78, 5) is 14.1. The SMILES string of the molecule is CC(C)n1cnnc1C1CCCN(c2cnn(C)c(=O)c2Cl)C1. The van der Waals surface area contributed by atoms with E-state index in [1.165, 1.54) is 4.68 Å². The maximum atomic E-state index is 12.0. The summed E-state index contributed by atoms with van der Waals surface area (Å²) >= 11 is 6.24. The minimum atomic E-state index is -0.267. The Morgan fingerprint density at radius 2 is 2.17 bits per heavy atom. The van der Waals surface area contributed by atoms with E-state index >= 15 is 0 Å². The molecule has 0 saturated carbocycles. The number of nitrogens with zero attached hydrogens (tertiary/aromatic N) is 6. The van der Waals surface area contributed by atoms with Crippen molar-refractivity contribution < 1.29 is 0 Å². The highest BCUT2D eigenvalue weighted by atomic mass is 35.5. The van der Waals surface area contributed by atoms with Crippen molar-refractivity contribution in [1.29, 1.82) is 0 Å². The van der Waals surface area contributed by atoms with E-state index in [0.29, 0.717) is 11.7 Å². The van der Waals surface area contributed by atoms with E-state index in [-0.39, 0.29) is 16.5 Å². The molecule has 0 spiro atoms. The minimum Gasteiger partial charge on any atom is -0.368 e. The lowest BCUT2D eigenvalue weighted by Gasteiger charge is -2.34. The van der Waals surface area contributed by atoms with Crippen LogP contribution in [0.1, 0.15) is 44.5 Å². The average molecular weight is 337 g/mol. The topological polar surface area (TPSA) is 68.8 Å². The highest BCUT2D eigenvalue weighted by molar-refractivity contribution is 6.33. The van der Waals surface area contributed by atoms with Gasteiger partial charge in [0.05, 0.1) is 11.9 Å². The number of hydrogen-bond donors (Lipinski definition) is 0. The summed E-state index contributed by atoms with van der Waals surface area (Å²) in [5, 5.41) is 12.7. The fourth-order valence-electron chi connectivity index (χ4n) is 3.07. The van der Waals surface area contributed by atoms with E-state index in [1.807, 2.05) is 0 Å². The average Bonchev–Trinajstić information content (AvgIpc) is 3.03. The highest BCUT2D eigenvalue weighted by Crippen LogP contribution is 2.31. The maximum Gasteiger partial charge on any atom is 0.287 e. The molecule has 1 aliphatic rings. The number of piperidine rings is 1. The first-order valence-electron chi connectivity index (χ1n) is 7.85. The molecule has 1 aliphatic heterocycles. The first-order valence-corrected chi connectivity index (χ1v) is 8.23. The number of halogens is 1. The van der Waals surface area contributed by atoms with Gasteiger partial charge in [0.2, 0.25) is 0 Å². The first-order chi connectivity index (χ1) is 11.0. The van der Waals surface area contributed by atoms with Gasteiger partial charge in [-0.05, 0) is 26.7 Å². The van der Waals surface area contributed by atoms with E-state index in [1.54, 1.807) is 19.6 Å². The van der Waals surface area contributed by atoms with Crippen LogP contribution in [0.25, 0.3) is 0 Å². The van der Waals surface area contributed by atoms with Crippen LogP contribution in [0.15, 0.2) is 17.3 Å². The van der Waals surface area contributed by atoms with E-state index in [9.17, 15) is 4.79 Å². The Bertz CT molecular complexity index is 753. The summed E-state index contributed by atoms with van der Waals surface area (Å²) in [5.74, 6) is 1.27. The third kappa shape index (κ3) is 2.97. The van der Waals surface area contributed by atoms with E-state index in [4.69, 9.17) is 11.6 Å². The van der Waals surface area contributed by atoms with E-state index in [2.05, 4.69) is 38.6 Å². The zero-order valence-electron chi connectivity index (χ0n) is 13.6. The van der Waals surface area contributed by atoms with Crippen LogP contribution in [0.4, 0.5) is 5.69 Å². The third-order valence-corrected chi connectivity index (χ3v) is 4.70. The summed E-state index contributed by atoms with van der Waals surface area (Å²) in [6.45, 7) is 5.87. The molecule has 3 heterocycles. The van der Waals surface area contributed by atoms with Gasteiger partial charge in [-0.3, -0.25) is 4.79 Å². The summed E-state index contributed by atoms with van der Waals surface area (Å²) in [7, 11) is 1.60. The molecule has 0 bridgehead atoms. The van der Waals surface area contributed by atoms with Crippen molar-refractivity contribution >= 4 is 17.3 Å². The molecule has 0 aliphatic carbocycles. The van der Waals surface area contributed by atoms with Crippen LogP contribution in [0, 0.1) is 0 Å². The Kier molecular flexibility index (Phi) is 4.39. The van der Waals surface area contributed by atoms with Gasteiger partial charge in [0, 0.05) is 32.1 Å². The molecule has 2 aromatic heterocycles. The number of hydrogen-bond acceptors (Lipinski definition) is 5. The van der Waals surface area contributed by atoms with Crippen LogP contribution in [-0.2, 0) is 7.05 Å². The zero-order chi connectivity index (χ0) is 16.6. The summed E-state index contributed by atoms with van der Waals surface area (Å²) in [6, 6.07) is 0.324. The molecule has 124 valence electrons. The van der Waals surface area contributed by atoms with Gasteiger partial charge < -0.3 is 9.47 Å². The zero-order valence-corrected chi connectivity index (χ0v) is 14.4. The van der Waals surface area contributed by atoms with E-state index in [0.717, 1.165) is 31.8 Å². The Hall–Kier alpha value is -1.89. The molecule has 1 fully saturated rings. The normalized spacial score (nSPS) is 18.7. The van der Waals surface area contributed by atoms with Crippen LogP contribution in [0.2, 0.25) is 5.02 Å². The smallest absolute Gasteiger partial charge is 0.287 e. The molecule has 3 rings (SSSR count). The summed E-state index contributed by atoms with van der Waals surface area (Å²) in [6.07, 6.45) is 5.52. The van der Waals surface area contributed by atoms with Crippen molar-refractivity contribution in [3.05, 3.63) is 33.7 Å². The quantitative estimate of drug-likeness (QED) is 0.857. The van der Waals surface area contributed by atoms with Gasteiger partial charge in [-0.15, -0.1) is 10.2 Å². The van der Waals surface area contributed by atoms with Crippen LogP contribution < -0.4 is 10.5 Å². The lowest BCUT2D eigenvalue weighted by atomic mass is 9.96. The van der Waals surface area contributed by atoms with Crippen molar-refractivity contribution in [2.75, 3.05) is 18.0 Å². The molecule has 0 aromatic carbocycles. The predicted octanol–water partition coefficient (Wildman–Crippen LogP) is 1.99. The van der Waals surface area contributed by atoms with Gasteiger partial charge >= 0.3 is 0 Å². The van der Waals surface area contributed by atoms with Crippen molar-refractivity contribution in [2.24, 2.45) is 7.05 Å². The monoisotopic (exact) mass is 336 g/mol. The van der Waals surface area contributed by atoms with Crippen molar-refractivity contribution in [2.45, 2.75) is 38.6 Å². The second-order valence-electron chi connectivity index (χ2n) is 6.25. The van der Waals surface area contributed by atoms with Crippen molar-refractivity contribution in [1.82, 2.24) is 24.5 Å². The second-order valence-corrected chi connectivity index (χ2v) is 6.63. The molecule has 8 heteroatoms. The Balaban J connectivity index is 1.88. The van der Waals surface area contributed by atoms with Gasteiger partial charge in [-0.1, -0.05) is 11.6 Å². The fraction of sp³-hybridized carbons (Fsp3) is 0.600. The molecule has 1 unspecified atom stereocenters. The molecule has 0 N–H and O–H groups in total. The molecule has 0 radical (unpaired) electrons. The Labute approximate surface area is 139 Å². The minimum absolute atomic E-state index is 0.230. The van der Waals surface area contributed by atoms with E-state index < -0.39 is 0 Å². The lowest BCUT2D eigenvalue weighted by molar-refractivity contribution is 0.454. The molecule has 7 nitrogen and oxygen atoms in total. The Morgan fingerprint density at radius 1 is 1.39 bits per heavy atom. The molecular weight excluding hydrogens is 316 g/mol. The molecule has 2 aromatic rings. The molecular formula is C15H21ClN6O. The van der Waals surface area contributed by atoms with Crippen molar-refractivity contribution in [3.8, 4) is 0 Å². The largest absolute Gasteiger partial charge is 0.368 e. The molecule has 0 amide bonds. The van der Waals surface area contributed by atoms with Crippen LogP contribution in [0.3, 0.4) is 0 Å². The highest BCUT2D eigenvalue weighted by Gasteiger charge is 2.27. The summed E-state index contributed by atoms with van der Waals surface area (Å²) in [5.41, 5.74) is 0.437. The number of aromatic nitrogens is 5. The van der Waals surface area contributed by atoms with Gasteiger partial charge in [0.25, 0.3) is 5.56 Å². The van der Waals surface area contributed by atoms with Gasteiger partial charge in [-0.2, -0.15) is 5.10 Å². The van der Waals surface area contributed by atoms with Gasteiger partial charge in [-0.25, -0.2) is 4.68 Å². The van der Waals surface area contributed by atoms with Gasteiger partial charge in [0.15, 0.2) is 0 Å². The number of anilines is 1. The second kappa shape index (κ2) is 6.31. The molecule has 1 saturated heterocycles. The van der Waals surface area contributed by atoms with Crippen LogP contribution >= 0.6 is 11.6 Å². The number of rotatable bonds is 3. The predicted molar refractivity (Wildman–Crippen MR) is 89.1 cm³/mol. The van der Waals surface area contributed by atoms with Crippen LogP contribution in [0.5, 0.6) is 0 Å². The van der Waals surface area contributed by atoms with Crippen molar-refractivity contribution in [3.63, 3.8) is 0 Å². The number of aryl methyl sites for hydroxylation is 1. The molecule has 1 atom stereocenters. The van der Waals surface area contributed by atoms with Crippen LogP contribution in [-0.4, -0.2) is 37.6 Å². The lowest BCUT2D eigenvalue weighted by Crippen LogP contribution is -2.37. The third-order valence-electron chi connectivity index (χ3n) is 4.34. The van der Waals surface area contributed by atoms with Gasteiger partial charge in [0.1, 0.15) is 17.2 Å². The fourth-order valence-corrected chi connectivity index (χ4v) is 3.36. The summed E-state index contributed by atoms with van der Waals surface area (Å²) < 4.78 is 3.36.